The van der Waals surface area contributed by atoms with Crippen molar-refractivity contribution in [3.63, 3.8) is 0 Å². The smallest absolute Gasteiger partial charge is 0.227 e. The summed E-state index contributed by atoms with van der Waals surface area (Å²) in [5.74, 6) is 1.10. The molecule has 2 rings (SSSR count). The molecule has 4 nitrogen and oxygen atoms in total. The highest BCUT2D eigenvalue weighted by Crippen LogP contribution is 2.24. The first-order chi connectivity index (χ1) is 10.1. The van der Waals surface area contributed by atoms with Crippen molar-refractivity contribution in [1.82, 2.24) is 5.32 Å². The number of hydrogen-bond acceptors (Lipinski definition) is 3. The number of ether oxygens (including phenoxy) is 1. The van der Waals surface area contributed by atoms with Crippen molar-refractivity contribution in [3.05, 3.63) is 23.8 Å². The third kappa shape index (κ3) is 5.18. The molecule has 0 bridgehead atoms. The van der Waals surface area contributed by atoms with E-state index < -0.39 is 0 Å². The Kier molecular flexibility index (Phi) is 7.69. The topological polar surface area (TPSA) is 50.4 Å². The molecule has 2 atom stereocenters. The minimum Gasteiger partial charge on any atom is -0.494 e. The zero-order chi connectivity index (χ0) is 15.2. The normalized spacial score (nSPS) is 20.9. The van der Waals surface area contributed by atoms with Gasteiger partial charge in [0.2, 0.25) is 5.91 Å². The number of carbonyl (C=O) groups excluding carboxylic acids is 1. The first-order valence-electron chi connectivity index (χ1n) is 7.88. The third-order valence-electron chi connectivity index (χ3n) is 3.92. The van der Waals surface area contributed by atoms with E-state index in [0.29, 0.717) is 6.04 Å². The lowest BCUT2D eigenvalue weighted by molar-refractivity contribution is -0.120. The molecule has 22 heavy (non-hydrogen) atoms. The summed E-state index contributed by atoms with van der Waals surface area (Å²) in [6.45, 7) is 7.85. The fraction of sp³-hybridized carbons (Fsp3) is 0.588. The summed E-state index contributed by atoms with van der Waals surface area (Å²) in [7, 11) is 0. The van der Waals surface area contributed by atoms with E-state index in [2.05, 4.69) is 24.5 Å². The van der Waals surface area contributed by atoms with Crippen molar-refractivity contribution in [1.29, 1.82) is 0 Å². The zero-order valence-electron chi connectivity index (χ0n) is 13.6. The van der Waals surface area contributed by atoms with Crippen LogP contribution in [0.5, 0.6) is 5.75 Å². The van der Waals surface area contributed by atoms with Crippen LogP contribution < -0.4 is 15.4 Å². The van der Waals surface area contributed by atoms with Gasteiger partial charge in [0, 0.05) is 17.6 Å². The number of nitrogens with one attached hydrogen (secondary N) is 2. The molecule has 1 aliphatic heterocycles. The average molecular weight is 327 g/mol. The molecule has 1 fully saturated rings. The van der Waals surface area contributed by atoms with E-state index in [-0.39, 0.29) is 24.2 Å². The number of carbonyl (C=O) groups is 1. The maximum absolute atomic E-state index is 12.4. The lowest BCUT2D eigenvalue weighted by atomic mass is 9.92. The molecule has 0 aromatic heterocycles. The second-order valence-corrected chi connectivity index (χ2v) is 5.89. The van der Waals surface area contributed by atoms with Gasteiger partial charge in [-0.05, 0) is 63.4 Å². The molecule has 0 radical (unpaired) electrons. The van der Waals surface area contributed by atoms with Gasteiger partial charge in [0.15, 0.2) is 0 Å². The van der Waals surface area contributed by atoms with Gasteiger partial charge in [-0.25, -0.2) is 0 Å². The van der Waals surface area contributed by atoms with Gasteiger partial charge in [0.1, 0.15) is 5.75 Å². The van der Waals surface area contributed by atoms with Gasteiger partial charge in [-0.15, -0.1) is 12.4 Å². The van der Waals surface area contributed by atoms with Crippen molar-refractivity contribution in [3.8, 4) is 5.75 Å². The minimum atomic E-state index is 0. The van der Waals surface area contributed by atoms with Crippen LogP contribution in [-0.4, -0.2) is 25.1 Å². The predicted octanol–water partition coefficient (Wildman–Crippen LogP) is 3.53. The Labute approximate surface area is 139 Å². The highest BCUT2D eigenvalue weighted by Gasteiger charge is 2.24. The van der Waals surface area contributed by atoms with E-state index in [1.807, 2.05) is 25.1 Å². The van der Waals surface area contributed by atoms with Crippen LogP contribution in [0.2, 0.25) is 0 Å². The van der Waals surface area contributed by atoms with E-state index in [1.54, 1.807) is 0 Å². The molecule has 0 aliphatic carbocycles. The molecule has 1 aliphatic rings. The number of benzene rings is 1. The number of rotatable bonds is 5. The van der Waals surface area contributed by atoms with Crippen LogP contribution in [0.4, 0.5) is 5.69 Å². The highest BCUT2D eigenvalue weighted by molar-refractivity contribution is 5.93. The Bertz CT molecular complexity index is 494. The van der Waals surface area contributed by atoms with Gasteiger partial charge in [0.25, 0.3) is 0 Å². The number of halogens is 1. The SMILES string of the molecule is CCCOc1ccc(NC(=O)[C@H]2CCN[C@@H](C)C2)c(C)c1.Cl. The average Bonchev–Trinajstić information content (AvgIpc) is 2.47. The van der Waals surface area contributed by atoms with Gasteiger partial charge in [-0.2, -0.15) is 0 Å². The number of piperidine rings is 1. The maximum atomic E-state index is 12.4. The second-order valence-electron chi connectivity index (χ2n) is 5.89. The first-order valence-corrected chi connectivity index (χ1v) is 7.88. The molecule has 5 heteroatoms. The molecular weight excluding hydrogens is 300 g/mol. The summed E-state index contributed by atoms with van der Waals surface area (Å²) < 4.78 is 5.61. The van der Waals surface area contributed by atoms with E-state index >= 15 is 0 Å². The van der Waals surface area contributed by atoms with Crippen molar-refractivity contribution < 1.29 is 9.53 Å². The van der Waals surface area contributed by atoms with Crippen molar-refractivity contribution in [2.45, 2.75) is 46.1 Å². The van der Waals surface area contributed by atoms with Crippen molar-refractivity contribution in [2.24, 2.45) is 5.92 Å². The Morgan fingerprint density at radius 1 is 1.45 bits per heavy atom. The Morgan fingerprint density at radius 2 is 2.23 bits per heavy atom. The van der Waals surface area contributed by atoms with Crippen LogP contribution in [0, 0.1) is 12.8 Å². The molecule has 0 unspecified atom stereocenters. The molecule has 1 saturated heterocycles. The van der Waals surface area contributed by atoms with Crippen LogP contribution in [0.3, 0.4) is 0 Å². The molecule has 0 spiro atoms. The number of hydrogen-bond donors (Lipinski definition) is 2. The van der Waals surface area contributed by atoms with Gasteiger partial charge < -0.3 is 15.4 Å². The van der Waals surface area contributed by atoms with E-state index in [4.69, 9.17) is 4.74 Å². The van der Waals surface area contributed by atoms with Crippen molar-refractivity contribution >= 4 is 24.0 Å². The van der Waals surface area contributed by atoms with Crippen molar-refractivity contribution in [2.75, 3.05) is 18.5 Å². The van der Waals surface area contributed by atoms with E-state index in [0.717, 1.165) is 49.4 Å². The molecule has 2 N–H and O–H groups in total. The largest absolute Gasteiger partial charge is 0.494 e. The summed E-state index contributed by atoms with van der Waals surface area (Å²) in [4.78, 5) is 12.4. The number of amides is 1. The summed E-state index contributed by atoms with van der Waals surface area (Å²) in [5.41, 5.74) is 1.92. The van der Waals surface area contributed by atoms with Gasteiger partial charge in [-0.3, -0.25) is 4.79 Å². The van der Waals surface area contributed by atoms with Crippen LogP contribution in [-0.2, 0) is 4.79 Å². The standard InChI is InChI=1S/C17H26N2O2.ClH/c1-4-9-21-15-5-6-16(12(2)10-15)19-17(20)14-7-8-18-13(3)11-14;/h5-6,10,13-14,18H,4,7-9,11H2,1-3H3,(H,19,20);1H/t13-,14-;/m0./s1. The summed E-state index contributed by atoms with van der Waals surface area (Å²) in [5, 5.41) is 6.43. The Balaban J connectivity index is 0.00000242. The van der Waals surface area contributed by atoms with Gasteiger partial charge >= 0.3 is 0 Å². The fourth-order valence-electron chi connectivity index (χ4n) is 2.69. The molecule has 124 valence electrons. The molecular formula is C17H27ClN2O2. The second kappa shape index (κ2) is 9.01. The molecule has 1 heterocycles. The first kappa shape index (κ1) is 18.8. The molecule has 1 aromatic carbocycles. The summed E-state index contributed by atoms with van der Waals surface area (Å²) in [6, 6.07) is 6.25. The van der Waals surface area contributed by atoms with Crippen LogP contribution >= 0.6 is 12.4 Å². The fourth-order valence-corrected chi connectivity index (χ4v) is 2.69. The van der Waals surface area contributed by atoms with Crippen LogP contribution in [0.15, 0.2) is 18.2 Å². The molecule has 0 saturated carbocycles. The monoisotopic (exact) mass is 326 g/mol. The third-order valence-corrected chi connectivity index (χ3v) is 3.92. The highest BCUT2D eigenvalue weighted by atomic mass is 35.5. The van der Waals surface area contributed by atoms with E-state index in [9.17, 15) is 4.79 Å². The number of aryl methyl sites for hydroxylation is 1. The zero-order valence-corrected chi connectivity index (χ0v) is 14.5. The predicted molar refractivity (Wildman–Crippen MR) is 93.0 cm³/mol. The molecule has 1 amide bonds. The summed E-state index contributed by atoms with van der Waals surface area (Å²) >= 11 is 0. The minimum absolute atomic E-state index is 0. The Morgan fingerprint density at radius 3 is 2.86 bits per heavy atom. The molecule has 1 aromatic rings. The maximum Gasteiger partial charge on any atom is 0.227 e. The van der Waals surface area contributed by atoms with Gasteiger partial charge in [0.05, 0.1) is 6.61 Å². The lowest BCUT2D eigenvalue weighted by Gasteiger charge is -2.27. The summed E-state index contributed by atoms with van der Waals surface area (Å²) in [6.07, 6.45) is 2.81. The van der Waals surface area contributed by atoms with E-state index in [1.165, 1.54) is 0 Å². The number of anilines is 1. The van der Waals surface area contributed by atoms with Crippen LogP contribution in [0.25, 0.3) is 0 Å². The Hall–Kier alpha value is -1.26. The van der Waals surface area contributed by atoms with Crippen LogP contribution in [0.1, 0.15) is 38.7 Å². The quantitative estimate of drug-likeness (QED) is 0.870. The van der Waals surface area contributed by atoms with Gasteiger partial charge in [-0.1, -0.05) is 6.92 Å². The lowest BCUT2D eigenvalue weighted by Crippen LogP contribution is -2.40.